The van der Waals surface area contributed by atoms with E-state index in [9.17, 15) is 4.79 Å². The van der Waals surface area contributed by atoms with Crippen LogP contribution in [0.2, 0.25) is 0 Å². The molecule has 0 fully saturated rings. The highest BCUT2D eigenvalue weighted by Gasteiger charge is 2.20. The molecule has 7 heteroatoms. The van der Waals surface area contributed by atoms with E-state index in [0.29, 0.717) is 23.9 Å². The largest absolute Gasteiger partial charge is 0.349 e. The number of thiophene rings is 1. The van der Waals surface area contributed by atoms with Gasteiger partial charge in [-0.05, 0) is 46.7 Å². The van der Waals surface area contributed by atoms with Crippen molar-refractivity contribution in [3.63, 3.8) is 0 Å². The molecule has 0 saturated carbocycles. The van der Waals surface area contributed by atoms with Crippen LogP contribution >= 0.6 is 11.3 Å². The molecule has 0 radical (unpaired) electrons. The zero-order chi connectivity index (χ0) is 21.1. The van der Waals surface area contributed by atoms with Crippen LogP contribution in [0, 0.1) is 0 Å². The molecule has 3 heterocycles. The Morgan fingerprint density at radius 3 is 2.53 bits per heavy atom. The lowest BCUT2D eigenvalue weighted by Gasteiger charge is -2.19. The van der Waals surface area contributed by atoms with Gasteiger partial charge in [0.05, 0.1) is 6.54 Å². The summed E-state index contributed by atoms with van der Waals surface area (Å²) in [6, 6.07) is 15.4. The average molecular weight is 418 g/mol. The first-order chi connectivity index (χ1) is 14.4. The van der Waals surface area contributed by atoms with Gasteiger partial charge in [-0.3, -0.25) is 9.78 Å². The van der Waals surface area contributed by atoms with Crippen LogP contribution in [0.3, 0.4) is 0 Å². The second-order valence-electron chi connectivity index (χ2n) is 7.98. The van der Waals surface area contributed by atoms with Crippen molar-refractivity contribution in [1.29, 1.82) is 0 Å². The highest BCUT2D eigenvalue weighted by molar-refractivity contribution is 7.09. The van der Waals surface area contributed by atoms with E-state index in [1.54, 1.807) is 23.7 Å². The number of carbonyl (C=O) groups is 1. The van der Waals surface area contributed by atoms with Crippen LogP contribution in [0.5, 0.6) is 0 Å². The van der Waals surface area contributed by atoms with Gasteiger partial charge >= 0.3 is 0 Å². The van der Waals surface area contributed by atoms with Gasteiger partial charge in [0.1, 0.15) is 0 Å². The predicted octanol–water partition coefficient (Wildman–Crippen LogP) is 5.00. The van der Waals surface area contributed by atoms with Gasteiger partial charge in [0.25, 0.3) is 5.91 Å². The highest BCUT2D eigenvalue weighted by atomic mass is 32.1. The van der Waals surface area contributed by atoms with Gasteiger partial charge in [0.2, 0.25) is 5.95 Å². The summed E-state index contributed by atoms with van der Waals surface area (Å²) in [6.45, 7) is 7.01. The van der Waals surface area contributed by atoms with E-state index >= 15 is 0 Å². The van der Waals surface area contributed by atoms with Crippen molar-refractivity contribution in [3.05, 3.63) is 82.3 Å². The fourth-order valence-electron chi connectivity index (χ4n) is 3.00. The molecule has 0 saturated heterocycles. The Morgan fingerprint density at radius 1 is 1.10 bits per heavy atom. The monoisotopic (exact) mass is 417 g/mol. The first kappa shape index (κ1) is 20.0. The molecule has 0 atom stereocenters. The van der Waals surface area contributed by atoms with E-state index in [1.807, 2.05) is 53.9 Å². The Morgan fingerprint density at radius 2 is 1.90 bits per heavy atom. The zero-order valence-corrected chi connectivity index (χ0v) is 18.0. The number of benzene rings is 1. The Balaban J connectivity index is 1.67. The fourth-order valence-corrected chi connectivity index (χ4v) is 3.64. The van der Waals surface area contributed by atoms with Crippen LogP contribution in [0.25, 0.3) is 11.4 Å². The maximum absolute atomic E-state index is 13.2. The van der Waals surface area contributed by atoms with Crippen molar-refractivity contribution in [2.45, 2.75) is 32.7 Å². The lowest BCUT2D eigenvalue weighted by molar-refractivity contribution is 0.0947. The molecule has 1 aromatic carbocycles. The van der Waals surface area contributed by atoms with Crippen LogP contribution < -0.4 is 5.32 Å². The third-order valence-corrected chi connectivity index (χ3v) is 5.59. The molecule has 4 rings (SSSR count). The maximum atomic E-state index is 13.2. The molecular weight excluding hydrogens is 394 g/mol. The molecule has 1 N–H and O–H groups in total. The number of aromatic nitrogens is 4. The molecule has 0 unspecified atom stereocenters. The van der Waals surface area contributed by atoms with E-state index in [0.717, 1.165) is 10.4 Å². The maximum Gasteiger partial charge on any atom is 0.281 e. The van der Waals surface area contributed by atoms with Gasteiger partial charge in [-0.1, -0.05) is 39.0 Å². The van der Waals surface area contributed by atoms with Crippen LogP contribution in [0.4, 0.5) is 5.95 Å². The number of nitrogens with zero attached hydrogens (tertiary/aromatic N) is 4. The van der Waals surface area contributed by atoms with Crippen LogP contribution in [-0.2, 0) is 12.0 Å². The van der Waals surface area contributed by atoms with Gasteiger partial charge in [-0.15, -0.1) is 16.4 Å². The lowest BCUT2D eigenvalue weighted by Crippen LogP contribution is -2.18. The summed E-state index contributed by atoms with van der Waals surface area (Å²) in [7, 11) is 0. The van der Waals surface area contributed by atoms with Gasteiger partial charge in [0, 0.05) is 28.4 Å². The molecule has 3 aromatic heterocycles. The number of hydrogen-bond acceptors (Lipinski definition) is 6. The topological polar surface area (TPSA) is 72.7 Å². The zero-order valence-electron chi connectivity index (χ0n) is 17.2. The SMILES string of the molecule is CC(C)(C)c1ccc(C(=O)n2nc(-c3cccnc3)nc2NCc2cccs2)cc1. The summed E-state index contributed by atoms with van der Waals surface area (Å²) >= 11 is 1.64. The molecule has 4 aromatic rings. The predicted molar refractivity (Wildman–Crippen MR) is 120 cm³/mol. The molecule has 6 nitrogen and oxygen atoms in total. The molecule has 152 valence electrons. The van der Waals surface area contributed by atoms with Crippen molar-refractivity contribution < 1.29 is 4.79 Å². The Hall–Kier alpha value is -3.32. The third kappa shape index (κ3) is 4.31. The number of rotatable bonds is 5. The number of carbonyl (C=O) groups excluding carboxylic acids is 1. The second kappa shape index (κ2) is 8.20. The van der Waals surface area contributed by atoms with E-state index in [2.05, 4.69) is 41.2 Å². The quantitative estimate of drug-likeness (QED) is 0.495. The minimum absolute atomic E-state index is 0.0235. The standard InChI is InChI=1S/C23H23N5OS/c1-23(2,3)18-10-8-16(9-11-18)21(29)28-22(25-15-19-7-5-13-30-19)26-20(27-28)17-6-4-12-24-14-17/h4-14H,15H2,1-3H3,(H,25,26,27). The fraction of sp³-hybridized carbons (Fsp3) is 0.217. The van der Waals surface area contributed by atoms with Crippen LogP contribution in [0.15, 0.2) is 66.3 Å². The van der Waals surface area contributed by atoms with Crippen molar-refractivity contribution in [1.82, 2.24) is 19.7 Å². The molecule has 0 spiro atoms. The molecule has 0 bridgehead atoms. The highest BCUT2D eigenvalue weighted by Crippen LogP contribution is 2.23. The van der Waals surface area contributed by atoms with Crippen molar-refractivity contribution in [2.75, 3.05) is 5.32 Å². The minimum Gasteiger partial charge on any atom is -0.349 e. The molecule has 0 aliphatic heterocycles. The first-order valence-electron chi connectivity index (χ1n) is 9.71. The molecule has 30 heavy (non-hydrogen) atoms. The smallest absolute Gasteiger partial charge is 0.281 e. The lowest BCUT2D eigenvalue weighted by atomic mass is 9.87. The van der Waals surface area contributed by atoms with Crippen LogP contribution in [0.1, 0.15) is 41.6 Å². The summed E-state index contributed by atoms with van der Waals surface area (Å²) in [4.78, 5) is 23.1. The Labute approximate surface area is 179 Å². The van der Waals surface area contributed by atoms with Gasteiger partial charge in [-0.2, -0.15) is 9.67 Å². The van der Waals surface area contributed by atoms with Crippen molar-refractivity contribution in [2.24, 2.45) is 0 Å². The summed E-state index contributed by atoms with van der Waals surface area (Å²) in [6.07, 6.45) is 3.38. The van der Waals surface area contributed by atoms with Gasteiger partial charge in [-0.25, -0.2) is 0 Å². The third-order valence-electron chi connectivity index (χ3n) is 4.72. The summed E-state index contributed by atoms with van der Waals surface area (Å²) in [5, 5.41) is 9.75. The number of nitrogens with one attached hydrogen (secondary N) is 1. The molecule has 0 amide bonds. The molecular formula is C23H23N5OS. The first-order valence-corrected chi connectivity index (χ1v) is 10.6. The van der Waals surface area contributed by atoms with E-state index in [4.69, 9.17) is 0 Å². The van der Waals surface area contributed by atoms with Crippen molar-refractivity contribution in [3.8, 4) is 11.4 Å². The normalized spacial score (nSPS) is 11.4. The minimum atomic E-state index is -0.230. The summed E-state index contributed by atoms with van der Waals surface area (Å²) in [5.41, 5.74) is 2.51. The van der Waals surface area contributed by atoms with Crippen molar-refractivity contribution >= 4 is 23.2 Å². The second-order valence-corrected chi connectivity index (χ2v) is 9.01. The van der Waals surface area contributed by atoms with Crippen LogP contribution in [-0.4, -0.2) is 25.7 Å². The number of hydrogen-bond donors (Lipinski definition) is 1. The molecule has 0 aliphatic rings. The van der Waals surface area contributed by atoms with E-state index in [1.165, 1.54) is 10.2 Å². The van der Waals surface area contributed by atoms with E-state index in [-0.39, 0.29) is 11.3 Å². The summed E-state index contributed by atoms with van der Waals surface area (Å²) < 4.78 is 1.34. The summed E-state index contributed by atoms with van der Waals surface area (Å²) in [5.74, 6) is 0.635. The van der Waals surface area contributed by atoms with Gasteiger partial charge < -0.3 is 5.32 Å². The number of pyridine rings is 1. The number of anilines is 1. The molecule has 0 aliphatic carbocycles. The Kier molecular flexibility index (Phi) is 5.46. The average Bonchev–Trinajstić information content (AvgIpc) is 3.42. The van der Waals surface area contributed by atoms with Gasteiger partial charge in [0.15, 0.2) is 5.82 Å². The van der Waals surface area contributed by atoms with E-state index < -0.39 is 0 Å². The Bertz CT molecular complexity index is 1130.